The quantitative estimate of drug-likeness (QED) is 0.693. The first-order valence-corrected chi connectivity index (χ1v) is 7.64. The fraction of sp³-hybridized carbons (Fsp3) is 0.211. The van der Waals surface area contributed by atoms with Crippen LogP contribution < -0.4 is 10.3 Å². The fourth-order valence-electron chi connectivity index (χ4n) is 2.73. The zero-order valence-corrected chi connectivity index (χ0v) is 13.9. The smallest absolute Gasteiger partial charge is 0.261 e. The Labute approximate surface area is 139 Å². The van der Waals surface area contributed by atoms with Crippen molar-refractivity contribution in [2.45, 2.75) is 20.4 Å². The molecule has 2 aromatic carbocycles. The van der Waals surface area contributed by atoms with Crippen LogP contribution in [0.15, 0.2) is 47.5 Å². The molecule has 0 saturated carbocycles. The van der Waals surface area contributed by atoms with Gasteiger partial charge in [-0.1, -0.05) is 23.8 Å². The molecule has 0 amide bonds. The van der Waals surface area contributed by atoms with Crippen LogP contribution in [-0.2, 0) is 6.54 Å². The summed E-state index contributed by atoms with van der Waals surface area (Å²) < 4.78 is 6.59. The molecule has 3 aromatic rings. The number of rotatable bonds is 4. The minimum absolute atomic E-state index is 0.0739. The Hall–Kier alpha value is -2.95. The Bertz CT molecular complexity index is 990. The monoisotopic (exact) mass is 322 g/mol. The molecular formula is C19H18N2O3. The van der Waals surface area contributed by atoms with Crippen LogP contribution >= 0.6 is 0 Å². The van der Waals surface area contributed by atoms with Gasteiger partial charge in [-0.3, -0.25) is 14.2 Å². The van der Waals surface area contributed by atoms with Gasteiger partial charge in [0.05, 0.1) is 36.4 Å². The summed E-state index contributed by atoms with van der Waals surface area (Å²) in [5, 5.41) is 0.515. The number of benzene rings is 2. The van der Waals surface area contributed by atoms with E-state index in [2.05, 4.69) is 4.98 Å². The molecule has 1 aromatic heterocycles. The number of fused-ring (bicyclic) bond motifs is 1. The molecule has 0 aliphatic rings. The minimum Gasteiger partial charge on any atom is -0.496 e. The molecule has 3 rings (SSSR count). The molecule has 0 aliphatic carbocycles. The summed E-state index contributed by atoms with van der Waals surface area (Å²) in [4.78, 5) is 29.6. The van der Waals surface area contributed by atoms with Gasteiger partial charge in [0.25, 0.3) is 5.56 Å². The highest BCUT2D eigenvalue weighted by atomic mass is 16.5. The van der Waals surface area contributed by atoms with Gasteiger partial charge in [0.15, 0.2) is 5.78 Å². The van der Waals surface area contributed by atoms with Gasteiger partial charge >= 0.3 is 0 Å². The van der Waals surface area contributed by atoms with Crippen LogP contribution in [0.1, 0.15) is 21.5 Å². The van der Waals surface area contributed by atoms with Gasteiger partial charge < -0.3 is 4.74 Å². The molecule has 0 bridgehead atoms. The van der Waals surface area contributed by atoms with E-state index < -0.39 is 0 Å². The minimum atomic E-state index is -0.219. The van der Waals surface area contributed by atoms with Gasteiger partial charge in [0.1, 0.15) is 5.75 Å². The molecule has 5 heteroatoms. The van der Waals surface area contributed by atoms with Crippen molar-refractivity contribution in [1.29, 1.82) is 0 Å². The first-order chi connectivity index (χ1) is 11.5. The van der Waals surface area contributed by atoms with Crippen molar-refractivity contribution in [3.8, 4) is 5.75 Å². The molecule has 1 heterocycles. The second-order valence-electron chi connectivity index (χ2n) is 5.78. The first kappa shape index (κ1) is 15.9. The van der Waals surface area contributed by atoms with Crippen LogP contribution in [0.5, 0.6) is 5.75 Å². The van der Waals surface area contributed by atoms with Crippen molar-refractivity contribution in [1.82, 2.24) is 9.55 Å². The van der Waals surface area contributed by atoms with Gasteiger partial charge in [-0.2, -0.15) is 0 Å². The van der Waals surface area contributed by atoms with E-state index in [1.807, 2.05) is 32.0 Å². The van der Waals surface area contributed by atoms with Crippen LogP contribution in [0.3, 0.4) is 0 Å². The van der Waals surface area contributed by atoms with Gasteiger partial charge in [-0.15, -0.1) is 0 Å². The number of hydrogen-bond donors (Lipinski definition) is 0. The summed E-state index contributed by atoms with van der Waals surface area (Å²) in [5.41, 5.74) is 2.80. The number of ketones is 1. The lowest BCUT2D eigenvalue weighted by Crippen LogP contribution is -2.25. The highest BCUT2D eigenvalue weighted by molar-refractivity contribution is 5.98. The number of aromatic nitrogens is 2. The summed E-state index contributed by atoms with van der Waals surface area (Å²) >= 11 is 0. The Morgan fingerprint density at radius 1 is 1.21 bits per heavy atom. The van der Waals surface area contributed by atoms with E-state index in [9.17, 15) is 9.59 Å². The number of carbonyl (C=O) groups excluding carboxylic acids is 1. The molecular weight excluding hydrogens is 304 g/mol. The molecule has 24 heavy (non-hydrogen) atoms. The van der Waals surface area contributed by atoms with Crippen LogP contribution in [-0.4, -0.2) is 22.4 Å². The standard InChI is InChI=1S/C19H18N2O3/c1-12-7-8-17(24-3)15(9-12)16(22)10-21-11-20-18-13(2)5-4-6-14(18)19(21)23/h4-9,11H,10H2,1-3H3. The van der Waals surface area contributed by atoms with Crippen molar-refractivity contribution in [2.24, 2.45) is 0 Å². The van der Waals surface area contributed by atoms with Crippen molar-refractivity contribution in [2.75, 3.05) is 7.11 Å². The van der Waals surface area contributed by atoms with Crippen LogP contribution in [0.25, 0.3) is 10.9 Å². The van der Waals surface area contributed by atoms with Crippen molar-refractivity contribution in [3.63, 3.8) is 0 Å². The largest absolute Gasteiger partial charge is 0.496 e. The summed E-state index contributed by atoms with van der Waals surface area (Å²) in [5.74, 6) is 0.315. The highest BCUT2D eigenvalue weighted by Gasteiger charge is 2.15. The number of nitrogens with zero attached hydrogens (tertiary/aromatic N) is 2. The average molecular weight is 322 g/mol. The highest BCUT2D eigenvalue weighted by Crippen LogP contribution is 2.20. The van der Waals surface area contributed by atoms with Crippen molar-refractivity contribution >= 4 is 16.7 Å². The molecule has 122 valence electrons. The third kappa shape index (κ3) is 2.80. The topological polar surface area (TPSA) is 61.2 Å². The van der Waals surface area contributed by atoms with Gasteiger partial charge in [-0.05, 0) is 37.6 Å². The number of ether oxygens (including phenoxy) is 1. The number of hydrogen-bond acceptors (Lipinski definition) is 4. The molecule has 0 fully saturated rings. The van der Waals surface area contributed by atoms with E-state index in [1.54, 1.807) is 18.2 Å². The first-order valence-electron chi connectivity index (χ1n) is 7.64. The van der Waals surface area contributed by atoms with E-state index in [1.165, 1.54) is 18.0 Å². The van der Waals surface area contributed by atoms with Crippen LogP contribution in [0.4, 0.5) is 0 Å². The maximum Gasteiger partial charge on any atom is 0.261 e. The van der Waals surface area contributed by atoms with E-state index in [0.29, 0.717) is 22.2 Å². The van der Waals surface area contributed by atoms with E-state index >= 15 is 0 Å². The number of methoxy groups -OCH3 is 1. The Balaban J connectivity index is 2.02. The summed E-state index contributed by atoms with van der Waals surface area (Å²) in [6.07, 6.45) is 1.43. The summed E-state index contributed by atoms with van der Waals surface area (Å²) in [6.45, 7) is 3.74. The lowest BCUT2D eigenvalue weighted by atomic mass is 10.1. The van der Waals surface area contributed by atoms with Crippen molar-refractivity contribution in [3.05, 3.63) is 69.8 Å². The normalized spacial score (nSPS) is 10.8. The molecule has 0 aliphatic heterocycles. The molecule has 5 nitrogen and oxygen atoms in total. The summed E-state index contributed by atoms with van der Waals surface area (Å²) in [7, 11) is 1.52. The van der Waals surface area contributed by atoms with Crippen LogP contribution in [0, 0.1) is 13.8 Å². The zero-order chi connectivity index (χ0) is 17.3. The Morgan fingerprint density at radius 3 is 2.75 bits per heavy atom. The second-order valence-corrected chi connectivity index (χ2v) is 5.78. The van der Waals surface area contributed by atoms with E-state index in [-0.39, 0.29) is 17.9 Å². The molecule has 0 radical (unpaired) electrons. The Kier molecular flexibility index (Phi) is 4.16. The average Bonchev–Trinajstić information content (AvgIpc) is 2.58. The van der Waals surface area contributed by atoms with Crippen LogP contribution in [0.2, 0.25) is 0 Å². The molecule has 0 saturated heterocycles. The van der Waals surface area contributed by atoms with E-state index in [0.717, 1.165) is 11.1 Å². The number of para-hydroxylation sites is 1. The predicted octanol–water partition coefficient (Wildman–Crippen LogP) is 2.90. The van der Waals surface area contributed by atoms with Gasteiger partial charge in [0.2, 0.25) is 0 Å². The molecule has 0 N–H and O–H groups in total. The van der Waals surface area contributed by atoms with Gasteiger partial charge in [-0.25, -0.2) is 4.98 Å². The third-order valence-electron chi connectivity index (χ3n) is 4.02. The molecule has 0 unspecified atom stereocenters. The second kappa shape index (κ2) is 6.28. The summed E-state index contributed by atoms with van der Waals surface area (Å²) in [6, 6.07) is 10.9. The molecule has 0 atom stereocenters. The maximum absolute atomic E-state index is 12.6. The van der Waals surface area contributed by atoms with E-state index in [4.69, 9.17) is 4.74 Å². The van der Waals surface area contributed by atoms with Crippen molar-refractivity contribution < 1.29 is 9.53 Å². The lowest BCUT2D eigenvalue weighted by Gasteiger charge is -2.10. The zero-order valence-electron chi connectivity index (χ0n) is 13.9. The lowest BCUT2D eigenvalue weighted by molar-refractivity contribution is 0.0967. The van der Waals surface area contributed by atoms with Gasteiger partial charge in [0, 0.05) is 0 Å². The number of carbonyl (C=O) groups is 1. The number of Topliss-reactive ketones (excluding diaryl/α,β-unsaturated/α-hetero) is 1. The predicted molar refractivity (Wildman–Crippen MR) is 92.8 cm³/mol. The fourth-order valence-corrected chi connectivity index (χ4v) is 2.73. The third-order valence-corrected chi connectivity index (χ3v) is 4.02. The maximum atomic E-state index is 12.6. The SMILES string of the molecule is COc1ccc(C)cc1C(=O)Cn1cnc2c(C)cccc2c1=O. The number of aryl methyl sites for hydroxylation is 2. The molecule has 0 spiro atoms. The Morgan fingerprint density at radius 2 is 2.00 bits per heavy atom.